The van der Waals surface area contributed by atoms with Gasteiger partial charge in [-0.1, -0.05) is 0 Å². The molecular weight excluding hydrogens is 793 g/mol. The van der Waals surface area contributed by atoms with Crippen molar-refractivity contribution in [2.45, 2.75) is 0 Å². The molecule has 38 heavy (non-hydrogen) atoms. The van der Waals surface area contributed by atoms with Crippen molar-refractivity contribution in [2.75, 3.05) is 0 Å². The van der Waals surface area contributed by atoms with Gasteiger partial charge >= 0.3 is 213 Å². The first-order valence-electron chi connectivity index (χ1n) is 4.08. The van der Waals surface area contributed by atoms with E-state index < -0.39 is 25.4 Å². The average molecular weight is 797 g/mol. The van der Waals surface area contributed by atoms with Gasteiger partial charge in [0.25, 0.3) is 0 Å². The van der Waals surface area contributed by atoms with Crippen molar-refractivity contribution in [3.63, 3.8) is 0 Å². The first kappa shape index (κ1) is 118. The third-order valence-corrected chi connectivity index (χ3v) is 0. The number of hydrogen-bond acceptors (Lipinski definition) is 21. The van der Waals surface area contributed by atoms with Crippen LogP contribution in [-0.4, -0.2) is 25.4 Å². The Morgan fingerprint density at radius 2 is 0.342 bits per heavy atom. The molecule has 0 spiro atoms. The van der Waals surface area contributed by atoms with Crippen molar-refractivity contribution >= 4 is 0 Å². The molecule has 0 aromatic carbocycles. The molecule has 0 saturated heterocycles. The summed E-state index contributed by atoms with van der Waals surface area (Å²) in [7, 11) is 0. The second kappa shape index (κ2) is 216. The predicted octanol–water partition coefficient (Wildman–Crippen LogP) is -9.23. The van der Waals surface area contributed by atoms with Gasteiger partial charge in [-0.15, -0.1) is 0 Å². The second-order valence-corrected chi connectivity index (χ2v) is 1.12. The Morgan fingerprint density at radius 3 is 0.342 bits per heavy atom. The second-order valence-electron chi connectivity index (χ2n) is 1.12. The van der Waals surface area contributed by atoms with E-state index in [-0.39, 0.29) is 219 Å². The molecule has 0 aromatic heterocycles. The molecule has 0 atom stereocenters. The van der Waals surface area contributed by atoms with Gasteiger partial charge in [-0.2, -0.15) is 0 Å². The van der Waals surface area contributed by atoms with Gasteiger partial charge in [0.05, 0.1) is 25.4 Å². The van der Waals surface area contributed by atoms with Crippen LogP contribution in [0.4, 0.5) is 0 Å². The molecule has 0 aromatic rings. The third kappa shape index (κ3) is 495000. The molecule has 0 unspecified atom stereocenters. The van der Waals surface area contributed by atoms with Crippen molar-refractivity contribution in [2.24, 2.45) is 0 Å². The fourth-order valence-corrected chi connectivity index (χ4v) is 0. The van der Waals surface area contributed by atoms with E-state index in [2.05, 4.69) is 0 Å². The molecule has 0 heterocycles. The maximum absolute atomic E-state index is 8.25. The first-order valence-corrected chi connectivity index (χ1v) is 4.08. The zero-order chi connectivity index (χ0) is 29.9. The van der Waals surface area contributed by atoms with E-state index in [4.69, 9.17) is 148 Å². The van der Waals surface area contributed by atoms with Crippen LogP contribution in [-0.2, 0) is 17.1 Å². The smallest absolute Gasteiger partial charge is 0.512 e. The van der Waals surface area contributed by atoms with Crippen LogP contribution in [0.5, 0.6) is 0 Å². The van der Waals surface area contributed by atoms with Crippen LogP contribution in [0.2, 0.25) is 0 Å². The van der Waals surface area contributed by atoms with Crippen LogP contribution >= 0.6 is 0 Å². The first-order chi connectivity index (χ1) is 14.7. The van der Waals surface area contributed by atoms with Gasteiger partial charge in [-0.05, 0) is 0 Å². The summed E-state index contributed by atoms with van der Waals surface area (Å²) in [4.78, 5) is 41.2. The molecule has 0 bridgehead atoms. The van der Waals surface area contributed by atoms with Gasteiger partial charge in [-0.3, -0.25) is 0 Å². The summed E-state index contributed by atoms with van der Waals surface area (Å²) < 4.78 is 0. The number of hydrogen-bond donors (Lipinski definition) is 1. The third-order valence-electron chi connectivity index (χ3n) is 0. The standard InChI is InChI=1S/6CN.Ce.Fe.3K.5NO3.H3N/c6*1-2;;;;;;5*2-1(3)4;/h;;;;;;;;;;;;;;;;1H3/q6*-1;+4;+3;3*+1;5*-1;/p+1. The summed E-state index contributed by atoms with van der Waals surface area (Å²) in [6, 6.07) is 0. The van der Waals surface area contributed by atoms with Crippen LogP contribution in [0.15, 0.2) is 0 Å². The predicted molar refractivity (Wildman–Crippen MR) is 87.6 cm³/mol. The number of nitrogens with zero attached hydrogens (tertiary/aromatic N) is 11. The quantitative estimate of drug-likeness (QED) is 0.103. The van der Waals surface area contributed by atoms with E-state index in [9.17, 15) is 0 Å². The molecule has 0 fully saturated rings. The zero-order valence-corrected chi connectivity index (χ0v) is 32.5. The van der Waals surface area contributed by atoms with Crippen LogP contribution in [0.1, 0.15) is 0 Å². The van der Waals surface area contributed by atoms with Gasteiger partial charge in [0, 0.05) is 0 Å². The summed E-state index contributed by atoms with van der Waals surface area (Å²) >= 11 is 0. The summed E-state index contributed by atoms with van der Waals surface area (Å²) in [6.07, 6.45) is 0. The largest absolute Gasteiger partial charge is 4.00 e. The molecular formula is C6H4CeFeK3N12O15. The Labute approximate surface area is 383 Å². The molecule has 4 N–H and O–H groups in total. The van der Waals surface area contributed by atoms with Crippen LogP contribution in [0, 0.1) is 189 Å². The summed E-state index contributed by atoms with van der Waals surface area (Å²) in [5.74, 6) is 0. The fourth-order valence-electron chi connectivity index (χ4n) is 0. The molecule has 193 valence electrons. The van der Waals surface area contributed by atoms with E-state index in [1.807, 2.05) is 0 Å². The van der Waals surface area contributed by atoms with Crippen LogP contribution < -0.4 is 160 Å². The molecule has 0 aliphatic heterocycles. The number of rotatable bonds is 0. The summed E-state index contributed by atoms with van der Waals surface area (Å²) in [5.41, 5.74) is 0. The minimum absolute atomic E-state index is 0. The molecule has 1 radical (unpaired) electrons. The molecule has 0 saturated carbocycles. The van der Waals surface area contributed by atoms with Crippen LogP contribution in [0.3, 0.4) is 0 Å². The minimum Gasteiger partial charge on any atom is -0.512 e. The maximum atomic E-state index is 8.25. The van der Waals surface area contributed by atoms with Gasteiger partial charge in [0.15, 0.2) is 0 Å². The molecule has 0 rings (SSSR count). The Hall–Kier alpha value is -0.295. The van der Waals surface area contributed by atoms with Crippen molar-refractivity contribution in [1.82, 2.24) is 6.15 Å². The Kier molecular flexibility index (Phi) is 675. The Balaban J connectivity index is -0.00000000851. The van der Waals surface area contributed by atoms with Gasteiger partial charge in [0.2, 0.25) is 0 Å². The van der Waals surface area contributed by atoms with Crippen molar-refractivity contribution in [1.29, 1.82) is 31.6 Å². The van der Waals surface area contributed by atoms with E-state index in [0.717, 1.165) is 0 Å². The van der Waals surface area contributed by atoms with Crippen molar-refractivity contribution in [3.05, 3.63) is 116 Å². The van der Waals surface area contributed by atoms with Crippen LogP contribution in [0.25, 0.3) is 0 Å². The normalized spacial score (nSPS) is 3.47. The van der Waals surface area contributed by atoms with Gasteiger partial charge in [0.1, 0.15) is 0 Å². The monoisotopic (exact) mass is 797 g/mol. The summed E-state index contributed by atoms with van der Waals surface area (Å²) in [5, 5.41) is 111. The molecule has 27 nitrogen and oxygen atoms in total. The zero-order valence-electron chi connectivity index (χ0n) is 18.9. The molecule has 0 aliphatic carbocycles. The van der Waals surface area contributed by atoms with Crippen molar-refractivity contribution in [3.8, 4) is 0 Å². The van der Waals surface area contributed by atoms with E-state index in [1.165, 1.54) is 0 Å². The van der Waals surface area contributed by atoms with E-state index >= 15 is 0 Å². The summed E-state index contributed by atoms with van der Waals surface area (Å²) in [6.45, 7) is 28.5. The Morgan fingerprint density at radius 1 is 0.342 bits per heavy atom. The van der Waals surface area contributed by atoms with Gasteiger partial charge in [-0.25, -0.2) is 0 Å². The minimum atomic E-state index is -1.75. The Bertz CT molecular complexity index is 429. The molecule has 32 heteroatoms. The fraction of sp³-hybridized carbons (Fsp3) is 0. The average Bonchev–Trinajstić information content (AvgIpc) is 2.69. The maximum Gasteiger partial charge on any atom is 4.00 e. The van der Waals surface area contributed by atoms with E-state index in [0.29, 0.717) is 0 Å². The SMILES string of the molecule is O=[N+]([O-])[O-].O=[N+]([O-])[O-].O=[N+]([O-])[O-].O=[N+]([O-])[O-].O=[N+]([O-])[O-].[C-]#N.[C-]#N.[C-]#N.[C-]#N.[C-]#N.[C-]#N.[Ce+4].[Fe+3].[K+].[K+].[K+].[NH4+]. The van der Waals surface area contributed by atoms with E-state index in [1.54, 1.807) is 0 Å². The topological polar surface area (TPSA) is 510 Å². The van der Waals surface area contributed by atoms with Gasteiger partial charge < -0.3 is 154 Å². The number of quaternary nitrogens is 1. The molecule has 0 amide bonds. The van der Waals surface area contributed by atoms with Crippen molar-refractivity contribution < 1.29 is 238 Å². The molecule has 0 aliphatic rings.